The molecule has 0 atom stereocenters. The zero-order valence-electron chi connectivity index (χ0n) is 13.3. The zero-order chi connectivity index (χ0) is 16.8. The number of nitro benzene ring substituents is 1. The third-order valence-corrected chi connectivity index (χ3v) is 4.05. The molecule has 0 unspecified atom stereocenters. The number of nitrogens with one attached hydrogen (secondary N) is 1. The minimum Gasteiger partial charge on any atom is -0.493 e. The summed E-state index contributed by atoms with van der Waals surface area (Å²) in [5, 5.41) is 13.9. The monoisotopic (exact) mass is 328 g/mol. The third kappa shape index (κ3) is 4.45. The van der Waals surface area contributed by atoms with Gasteiger partial charge < -0.3 is 14.8 Å². The normalized spacial score (nSPS) is 15.0. The summed E-state index contributed by atoms with van der Waals surface area (Å²) in [4.78, 5) is 10.2. The molecule has 3 rings (SSSR count). The molecule has 0 amide bonds. The number of non-ortho nitro benzene ring substituents is 1. The van der Waals surface area contributed by atoms with E-state index >= 15 is 0 Å². The fourth-order valence-corrected chi connectivity index (χ4v) is 2.59. The van der Waals surface area contributed by atoms with Crippen molar-refractivity contribution in [2.24, 2.45) is 5.92 Å². The first-order valence-electron chi connectivity index (χ1n) is 8.03. The van der Waals surface area contributed by atoms with Crippen LogP contribution >= 0.6 is 0 Å². The Labute approximate surface area is 140 Å². The molecule has 1 aliphatic rings. The fraction of sp³-hybridized carbons (Fsp3) is 0.333. The maximum atomic E-state index is 10.6. The summed E-state index contributed by atoms with van der Waals surface area (Å²) in [5.41, 5.74) is 1.79. The highest BCUT2D eigenvalue weighted by Crippen LogP contribution is 2.23. The smallest absolute Gasteiger partial charge is 0.269 e. The van der Waals surface area contributed by atoms with E-state index in [0.717, 1.165) is 49.8 Å². The molecule has 1 N–H and O–H groups in total. The molecule has 6 heteroatoms. The highest BCUT2D eigenvalue weighted by atomic mass is 16.6. The lowest BCUT2D eigenvalue weighted by atomic mass is 10.0. The summed E-state index contributed by atoms with van der Waals surface area (Å²) in [6, 6.07) is 14.0. The Hall–Kier alpha value is -2.60. The molecular weight excluding hydrogens is 308 g/mol. The average Bonchev–Trinajstić information content (AvgIpc) is 2.62. The van der Waals surface area contributed by atoms with Crippen LogP contribution in [0, 0.1) is 16.0 Å². The topological polar surface area (TPSA) is 73.6 Å². The number of hydrogen-bond donors (Lipinski definition) is 1. The van der Waals surface area contributed by atoms with Crippen LogP contribution in [0.4, 0.5) is 17.1 Å². The number of rotatable bonds is 6. The van der Waals surface area contributed by atoms with Crippen LogP contribution in [0.15, 0.2) is 48.5 Å². The van der Waals surface area contributed by atoms with Gasteiger partial charge in [-0.3, -0.25) is 10.1 Å². The lowest BCUT2D eigenvalue weighted by Gasteiger charge is -2.22. The van der Waals surface area contributed by atoms with Gasteiger partial charge in [0.2, 0.25) is 0 Å². The Morgan fingerprint density at radius 3 is 2.21 bits per heavy atom. The van der Waals surface area contributed by atoms with Gasteiger partial charge in [-0.25, -0.2) is 0 Å². The molecule has 1 fully saturated rings. The number of nitro groups is 1. The van der Waals surface area contributed by atoms with Gasteiger partial charge in [0.25, 0.3) is 5.69 Å². The number of nitrogens with zero attached hydrogens (tertiary/aromatic N) is 1. The van der Waals surface area contributed by atoms with Gasteiger partial charge in [0, 0.05) is 36.7 Å². The summed E-state index contributed by atoms with van der Waals surface area (Å²) in [7, 11) is 0. The molecule has 0 saturated carbocycles. The first kappa shape index (κ1) is 16.3. The molecule has 0 bridgehead atoms. The van der Waals surface area contributed by atoms with Gasteiger partial charge in [-0.1, -0.05) is 0 Å². The standard InChI is InChI=1S/C18H20N2O4/c21-20(22)17-5-1-15(2-6-17)19-16-3-7-18(8-4-16)24-13-14-9-11-23-12-10-14/h1-8,14,19H,9-13H2. The maximum Gasteiger partial charge on any atom is 0.269 e. The molecule has 2 aromatic rings. The van der Waals surface area contributed by atoms with E-state index in [1.807, 2.05) is 24.3 Å². The van der Waals surface area contributed by atoms with Crippen molar-refractivity contribution >= 4 is 17.1 Å². The first-order valence-corrected chi connectivity index (χ1v) is 8.03. The van der Waals surface area contributed by atoms with Crippen LogP contribution in [0.1, 0.15) is 12.8 Å². The van der Waals surface area contributed by atoms with Crippen molar-refractivity contribution in [1.82, 2.24) is 0 Å². The van der Waals surface area contributed by atoms with E-state index in [1.54, 1.807) is 12.1 Å². The van der Waals surface area contributed by atoms with Crippen LogP contribution in [-0.2, 0) is 4.74 Å². The summed E-state index contributed by atoms with van der Waals surface area (Å²) >= 11 is 0. The van der Waals surface area contributed by atoms with E-state index in [1.165, 1.54) is 12.1 Å². The van der Waals surface area contributed by atoms with Gasteiger partial charge >= 0.3 is 0 Å². The fourth-order valence-electron chi connectivity index (χ4n) is 2.59. The second-order valence-corrected chi connectivity index (χ2v) is 5.82. The van der Waals surface area contributed by atoms with Crippen molar-refractivity contribution < 1.29 is 14.4 Å². The molecule has 1 heterocycles. The highest BCUT2D eigenvalue weighted by Gasteiger charge is 2.14. The molecule has 126 valence electrons. The van der Waals surface area contributed by atoms with Crippen LogP contribution in [0.3, 0.4) is 0 Å². The van der Waals surface area contributed by atoms with Crippen LogP contribution in [0.5, 0.6) is 5.75 Å². The Bertz CT molecular complexity index is 664. The van der Waals surface area contributed by atoms with Gasteiger partial charge in [-0.15, -0.1) is 0 Å². The van der Waals surface area contributed by atoms with Crippen molar-refractivity contribution in [2.75, 3.05) is 25.1 Å². The Balaban J connectivity index is 1.53. The van der Waals surface area contributed by atoms with Crippen molar-refractivity contribution in [3.8, 4) is 5.75 Å². The SMILES string of the molecule is O=[N+]([O-])c1ccc(Nc2ccc(OCC3CCOCC3)cc2)cc1. The number of anilines is 2. The van der Waals surface area contributed by atoms with Crippen LogP contribution in [0.2, 0.25) is 0 Å². The van der Waals surface area contributed by atoms with Gasteiger partial charge in [0.15, 0.2) is 0 Å². The van der Waals surface area contributed by atoms with E-state index < -0.39 is 4.92 Å². The molecular formula is C18H20N2O4. The molecule has 6 nitrogen and oxygen atoms in total. The van der Waals surface area contributed by atoms with Crippen molar-refractivity contribution in [1.29, 1.82) is 0 Å². The molecule has 2 aromatic carbocycles. The third-order valence-electron chi connectivity index (χ3n) is 4.05. The van der Waals surface area contributed by atoms with Crippen molar-refractivity contribution in [3.63, 3.8) is 0 Å². The zero-order valence-corrected chi connectivity index (χ0v) is 13.3. The van der Waals surface area contributed by atoms with Gasteiger partial charge in [-0.2, -0.15) is 0 Å². The molecule has 0 aliphatic carbocycles. The minimum absolute atomic E-state index is 0.0809. The number of hydrogen-bond acceptors (Lipinski definition) is 5. The first-order chi connectivity index (χ1) is 11.7. The quantitative estimate of drug-likeness (QED) is 0.637. The average molecular weight is 328 g/mol. The molecule has 0 radical (unpaired) electrons. The van der Waals surface area contributed by atoms with Crippen LogP contribution in [0.25, 0.3) is 0 Å². The van der Waals surface area contributed by atoms with Crippen LogP contribution < -0.4 is 10.1 Å². The van der Waals surface area contributed by atoms with Crippen molar-refractivity contribution in [2.45, 2.75) is 12.8 Å². The lowest BCUT2D eigenvalue weighted by molar-refractivity contribution is -0.384. The number of benzene rings is 2. The predicted molar refractivity (Wildman–Crippen MR) is 91.9 cm³/mol. The minimum atomic E-state index is -0.408. The van der Waals surface area contributed by atoms with E-state index in [2.05, 4.69) is 5.32 Å². The van der Waals surface area contributed by atoms with E-state index in [0.29, 0.717) is 5.92 Å². The summed E-state index contributed by atoms with van der Waals surface area (Å²) in [6.07, 6.45) is 2.11. The van der Waals surface area contributed by atoms with E-state index in [4.69, 9.17) is 9.47 Å². The summed E-state index contributed by atoms with van der Waals surface area (Å²) in [6.45, 7) is 2.37. The maximum absolute atomic E-state index is 10.6. The lowest BCUT2D eigenvalue weighted by Crippen LogP contribution is -2.21. The van der Waals surface area contributed by atoms with Gasteiger partial charge in [0.05, 0.1) is 11.5 Å². The van der Waals surface area contributed by atoms with Crippen molar-refractivity contribution in [3.05, 3.63) is 58.6 Å². The second kappa shape index (κ2) is 7.79. The summed E-state index contributed by atoms with van der Waals surface area (Å²) < 4.78 is 11.2. The molecule has 0 spiro atoms. The highest BCUT2D eigenvalue weighted by molar-refractivity contribution is 5.61. The number of ether oxygens (including phenoxy) is 2. The van der Waals surface area contributed by atoms with Gasteiger partial charge in [0.1, 0.15) is 5.75 Å². The summed E-state index contributed by atoms with van der Waals surface area (Å²) in [5.74, 6) is 1.41. The molecule has 24 heavy (non-hydrogen) atoms. The molecule has 1 aliphatic heterocycles. The predicted octanol–water partition coefficient (Wildman–Crippen LogP) is 4.14. The molecule has 0 aromatic heterocycles. The Morgan fingerprint density at radius 1 is 1.04 bits per heavy atom. The second-order valence-electron chi connectivity index (χ2n) is 5.82. The van der Waals surface area contributed by atoms with E-state index in [-0.39, 0.29) is 5.69 Å². The largest absolute Gasteiger partial charge is 0.493 e. The Morgan fingerprint density at radius 2 is 1.62 bits per heavy atom. The van der Waals surface area contributed by atoms with Gasteiger partial charge in [-0.05, 0) is 55.2 Å². The van der Waals surface area contributed by atoms with Crippen LogP contribution in [-0.4, -0.2) is 24.7 Å². The molecule has 1 saturated heterocycles. The Kier molecular flexibility index (Phi) is 5.28. The van der Waals surface area contributed by atoms with E-state index in [9.17, 15) is 10.1 Å².